The Kier molecular flexibility index (Phi) is 14.9. The van der Waals surface area contributed by atoms with Gasteiger partial charge in [0.25, 0.3) is 0 Å². The molecule has 0 radical (unpaired) electrons. The molecule has 1 amide bonds. The summed E-state index contributed by atoms with van der Waals surface area (Å²) in [6.07, 6.45) is 5.91. The number of Topliss-reactive ketones (excluding diaryl/α,β-unsaturated/α-hetero) is 1. The fraction of sp³-hybridized carbons (Fsp3) is 0.750. The number of pyridine rings is 1. The largest absolute Gasteiger partial charge is 0.458 e. The third-order valence-electron chi connectivity index (χ3n) is 13.4. The number of aryl methyl sites for hydroxylation is 1. The normalized spacial score (nSPS) is 38.0. The number of esters is 1. The van der Waals surface area contributed by atoms with Crippen molar-refractivity contribution in [3.63, 3.8) is 0 Å². The van der Waals surface area contributed by atoms with Crippen molar-refractivity contribution in [2.45, 2.75) is 155 Å². The highest BCUT2D eigenvalue weighted by molar-refractivity contribution is 5.85. The number of imidazole rings is 1. The SMILES string of the molecule is CC[C@H]1OC(=O)[C@H](C)[C@@H](O)[C@H](C)[C@@H](OC2O[C@H](C)C[C@H](N(C)C)C2C)[C@@](C)(OC)C[C@@H](C)C(=O)[C@H](C)[C@H]2N(CCCCn3cnc(-c4cccnc4)c3)C(=O)O[C@]12C. The second-order valence-electron chi connectivity index (χ2n) is 17.9. The number of carbonyl (C=O) groups excluding carboxylic acids is 3. The van der Waals surface area contributed by atoms with Crippen LogP contribution in [0.5, 0.6) is 0 Å². The first-order chi connectivity index (χ1) is 27.4. The lowest BCUT2D eigenvalue weighted by Crippen LogP contribution is -2.59. The molecule has 0 saturated carbocycles. The molecule has 2 unspecified atom stereocenters. The highest BCUT2D eigenvalue weighted by Crippen LogP contribution is 2.44. The number of amides is 1. The minimum Gasteiger partial charge on any atom is -0.458 e. The lowest BCUT2D eigenvalue weighted by Gasteiger charge is -2.48. The molecule has 2 aromatic rings. The molecule has 3 aliphatic heterocycles. The number of ketones is 1. The molecule has 5 heterocycles. The first-order valence-electron chi connectivity index (χ1n) is 21.2. The van der Waals surface area contributed by atoms with Gasteiger partial charge in [0.15, 0.2) is 11.9 Å². The smallest absolute Gasteiger partial charge is 0.410 e. The number of hydrogen-bond donors (Lipinski definition) is 1. The average Bonchev–Trinajstić information content (AvgIpc) is 3.78. The van der Waals surface area contributed by atoms with Crippen molar-refractivity contribution in [1.29, 1.82) is 0 Å². The van der Waals surface area contributed by atoms with Gasteiger partial charge in [0.1, 0.15) is 11.9 Å². The summed E-state index contributed by atoms with van der Waals surface area (Å²) in [5.74, 6) is -3.58. The van der Waals surface area contributed by atoms with E-state index in [1.165, 1.54) is 0 Å². The maximum atomic E-state index is 14.8. The van der Waals surface area contributed by atoms with Gasteiger partial charge in [0, 0.05) is 74.1 Å². The molecule has 1 N–H and O–H groups in total. The molecule has 0 spiro atoms. The minimum absolute atomic E-state index is 0.0238. The average molecular weight is 812 g/mol. The molecule has 14 nitrogen and oxygen atoms in total. The molecule has 5 rings (SSSR count). The van der Waals surface area contributed by atoms with Gasteiger partial charge in [-0.05, 0) is 86.0 Å². The molecule has 0 aromatic carbocycles. The van der Waals surface area contributed by atoms with Gasteiger partial charge in [-0.25, -0.2) is 9.78 Å². The summed E-state index contributed by atoms with van der Waals surface area (Å²) >= 11 is 0. The van der Waals surface area contributed by atoms with Crippen molar-refractivity contribution in [3.8, 4) is 11.3 Å². The van der Waals surface area contributed by atoms with E-state index in [2.05, 4.69) is 21.8 Å². The van der Waals surface area contributed by atoms with Crippen molar-refractivity contribution in [2.75, 3.05) is 27.7 Å². The van der Waals surface area contributed by atoms with E-state index in [9.17, 15) is 19.5 Å². The van der Waals surface area contributed by atoms with Gasteiger partial charge in [0.05, 0.1) is 47.9 Å². The number of aliphatic hydroxyl groups excluding tert-OH is 1. The number of methoxy groups -OCH3 is 1. The fourth-order valence-corrected chi connectivity index (χ4v) is 9.91. The van der Waals surface area contributed by atoms with E-state index in [1.54, 1.807) is 44.6 Å². The summed E-state index contributed by atoms with van der Waals surface area (Å²) in [5, 5.41) is 12.0. The quantitative estimate of drug-likeness (QED) is 0.209. The van der Waals surface area contributed by atoms with Gasteiger partial charge in [-0.3, -0.25) is 14.6 Å². The van der Waals surface area contributed by atoms with E-state index < -0.39 is 77.6 Å². The Morgan fingerprint density at radius 2 is 1.72 bits per heavy atom. The summed E-state index contributed by atoms with van der Waals surface area (Å²) in [6, 6.07) is 3.29. The molecule has 2 aromatic heterocycles. The summed E-state index contributed by atoms with van der Waals surface area (Å²) in [7, 11) is 5.68. The van der Waals surface area contributed by atoms with E-state index in [4.69, 9.17) is 23.7 Å². The van der Waals surface area contributed by atoms with Crippen molar-refractivity contribution < 1.29 is 43.2 Å². The van der Waals surface area contributed by atoms with E-state index >= 15 is 0 Å². The van der Waals surface area contributed by atoms with Crippen LogP contribution in [0.2, 0.25) is 0 Å². The summed E-state index contributed by atoms with van der Waals surface area (Å²) in [6.45, 7) is 17.9. The zero-order valence-electron chi connectivity index (χ0n) is 36.8. The number of cyclic esters (lactones) is 1. The monoisotopic (exact) mass is 812 g/mol. The molecule has 0 aliphatic carbocycles. The third-order valence-corrected chi connectivity index (χ3v) is 13.4. The van der Waals surface area contributed by atoms with Crippen molar-refractivity contribution in [2.24, 2.45) is 29.6 Å². The molecule has 58 heavy (non-hydrogen) atoms. The lowest BCUT2D eigenvalue weighted by molar-refractivity contribution is -0.287. The molecular formula is C44H69N5O9. The van der Waals surface area contributed by atoms with Crippen LogP contribution in [-0.4, -0.2) is 129 Å². The van der Waals surface area contributed by atoms with E-state index in [-0.39, 0.29) is 30.3 Å². The summed E-state index contributed by atoms with van der Waals surface area (Å²) in [4.78, 5) is 55.3. The predicted molar refractivity (Wildman–Crippen MR) is 218 cm³/mol. The van der Waals surface area contributed by atoms with Crippen molar-refractivity contribution in [1.82, 2.24) is 24.3 Å². The Hall–Kier alpha value is -3.43. The van der Waals surface area contributed by atoms with Gasteiger partial charge >= 0.3 is 12.1 Å². The van der Waals surface area contributed by atoms with Crippen LogP contribution in [0.1, 0.15) is 94.4 Å². The number of aliphatic hydroxyl groups is 1. The van der Waals surface area contributed by atoms with E-state index in [1.807, 2.05) is 78.5 Å². The van der Waals surface area contributed by atoms with Gasteiger partial charge in [-0.15, -0.1) is 0 Å². The Balaban J connectivity index is 1.43. The fourth-order valence-electron chi connectivity index (χ4n) is 9.91. The number of nitrogens with zero attached hydrogens (tertiary/aromatic N) is 5. The Labute approximate surface area is 345 Å². The zero-order valence-corrected chi connectivity index (χ0v) is 36.8. The first kappa shape index (κ1) is 45.7. The Bertz CT molecular complexity index is 1690. The van der Waals surface area contributed by atoms with Gasteiger partial charge < -0.3 is 43.2 Å². The Morgan fingerprint density at radius 1 is 1.02 bits per heavy atom. The molecule has 3 saturated heterocycles. The predicted octanol–water partition coefficient (Wildman–Crippen LogP) is 6.00. The van der Waals surface area contributed by atoms with Crippen LogP contribution in [-0.2, 0) is 39.8 Å². The number of carbonyl (C=O) groups is 3. The third kappa shape index (κ3) is 9.46. The zero-order chi connectivity index (χ0) is 42.7. The molecule has 3 aliphatic rings. The maximum absolute atomic E-state index is 14.8. The first-order valence-corrected chi connectivity index (χ1v) is 21.2. The summed E-state index contributed by atoms with van der Waals surface area (Å²) in [5.41, 5.74) is -0.677. The molecular weight excluding hydrogens is 743 g/mol. The molecule has 0 bridgehead atoms. The highest BCUT2D eigenvalue weighted by atomic mass is 16.7. The topological polar surface area (TPSA) is 155 Å². The number of fused-ring (bicyclic) bond motifs is 1. The van der Waals surface area contributed by atoms with Crippen molar-refractivity contribution >= 4 is 17.8 Å². The highest BCUT2D eigenvalue weighted by Gasteiger charge is 2.60. The van der Waals surface area contributed by atoms with Crippen molar-refractivity contribution in [3.05, 3.63) is 37.1 Å². The van der Waals surface area contributed by atoms with E-state index in [0.717, 1.165) is 24.1 Å². The Morgan fingerprint density at radius 3 is 2.36 bits per heavy atom. The second kappa shape index (κ2) is 18.9. The number of hydrogen-bond acceptors (Lipinski definition) is 12. The number of unbranched alkanes of at least 4 members (excludes halogenated alkanes) is 1. The van der Waals surface area contributed by atoms with Crippen LogP contribution in [0, 0.1) is 29.6 Å². The molecule has 14 heteroatoms. The summed E-state index contributed by atoms with van der Waals surface area (Å²) < 4.78 is 34.1. The molecule has 324 valence electrons. The van der Waals surface area contributed by atoms with Crippen LogP contribution in [0.3, 0.4) is 0 Å². The minimum atomic E-state index is -1.34. The van der Waals surface area contributed by atoms with E-state index in [0.29, 0.717) is 25.9 Å². The molecule has 3 fully saturated rings. The van der Waals surface area contributed by atoms with Crippen LogP contribution >= 0.6 is 0 Å². The van der Waals surface area contributed by atoms with Gasteiger partial charge in [-0.2, -0.15) is 0 Å². The second-order valence-corrected chi connectivity index (χ2v) is 17.9. The van der Waals surface area contributed by atoms with Crippen LogP contribution in [0.4, 0.5) is 4.79 Å². The standard InChI is InChI=1S/C44H69N5O9/c1-13-35-44(9)38(49(42(53)58-44)20-15-14-19-48-24-33(46-25-48)32-17-16-18-45-23-32)29(5)36(50)26(2)22-43(8,54-12)39(30(6)37(51)31(7)40(52)56-35)57-41-28(4)34(47(10)11)21-27(3)55-41/h16-18,23-31,34-35,37-39,41,51H,13-15,19-22H2,1-12H3/t26-,27-,28?,29+,30+,31-,34+,35-,37+,38-,39-,41?,43+,44-/m1/s1. The number of aromatic nitrogens is 3. The number of rotatable bonds is 11. The van der Waals surface area contributed by atoms with Crippen LogP contribution in [0.25, 0.3) is 11.3 Å². The lowest BCUT2D eigenvalue weighted by atomic mass is 9.73. The van der Waals surface area contributed by atoms with Crippen LogP contribution < -0.4 is 0 Å². The van der Waals surface area contributed by atoms with Crippen LogP contribution in [0.15, 0.2) is 37.1 Å². The number of ether oxygens (including phenoxy) is 5. The maximum Gasteiger partial charge on any atom is 0.410 e. The van der Waals surface area contributed by atoms with Gasteiger partial charge in [0.2, 0.25) is 0 Å². The molecule has 14 atom stereocenters. The van der Waals surface area contributed by atoms with Gasteiger partial charge in [-0.1, -0.05) is 34.6 Å².